The van der Waals surface area contributed by atoms with Crippen molar-refractivity contribution in [2.45, 2.75) is 44.4 Å². The summed E-state index contributed by atoms with van der Waals surface area (Å²) in [6.07, 6.45) is 4.30. The predicted octanol–water partition coefficient (Wildman–Crippen LogP) is 3.07. The van der Waals surface area contributed by atoms with E-state index in [4.69, 9.17) is 0 Å². The first-order chi connectivity index (χ1) is 10.5. The van der Waals surface area contributed by atoms with Gasteiger partial charge in [-0.3, -0.25) is 0 Å². The molecule has 0 aliphatic carbocycles. The number of nitrogens with one attached hydrogen (secondary N) is 1. The Labute approximate surface area is 147 Å². The molecule has 0 atom stereocenters. The fourth-order valence-electron chi connectivity index (χ4n) is 2.78. The van der Waals surface area contributed by atoms with Crippen molar-refractivity contribution in [3.63, 3.8) is 0 Å². The van der Waals surface area contributed by atoms with Gasteiger partial charge in [-0.1, -0.05) is 26.0 Å². The van der Waals surface area contributed by atoms with Crippen molar-refractivity contribution in [3.05, 3.63) is 29.8 Å². The minimum Gasteiger partial charge on any atom is -0.303 e. The first kappa shape index (κ1) is 20.4. The molecule has 1 heterocycles. The Balaban J connectivity index is 0.00000264. The van der Waals surface area contributed by atoms with Crippen LogP contribution in [0.1, 0.15) is 38.7 Å². The van der Waals surface area contributed by atoms with E-state index in [1.165, 1.54) is 12.8 Å². The molecule has 1 N–H and O–H groups in total. The fraction of sp³-hybridized carbons (Fsp3) is 0.647. The van der Waals surface area contributed by atoms with Crippen LogP contribution >= 0.6 is 12.4 Å². The third-order valence-corrected chi connectivity index (χ3v) is 5.94. The lowest BCUT2D eigenvalue weighted by Gasteiger charge is -2.30. The van der Waals surface area contributed by atoms with Gasteiger partial charge >= 0.3 is 0 Å². The van der Waals surface area contributed by atoms with Gasteiger partial charge in [-0.15, -0.1) is 12.4 Å². The molecule has 6 heteroatoms. The summed E-state index contributed by atoms with van der Waals surface area (Å²) in [5.41, 5.74) is 1.15. The van der Waals surface area contributed by atoms with Crippen molar-refractivity contribution in [2.24, 2.45) is 5.92 Å². The van der Waals surface area contributed by atoms with Gasteiger partial charge in [0.2, 0.25) is 10.0 Å². The summed E-state index contributed by atoms with van der Waals surface area (Å²) in [4.78, 5) is 2.79. The standard InChI is InChI=1S/C17H28N2O2S.ClH/c1-3-16-5-7-17(8-6-16)22(20,21)18-11-4-12-19-13-9-15(2)10-14-19;/h5-8,15,18H,3-4,9-14H2,1-2H3;1H. The summed E-state index contributed by atoms with van der Waals surface area (Å²) in [6, 6.07) is 7.13. The number of aryl methyl sites for hydroxylation is 1. The maximum atomic E-state index is 12.2. The number of hydrogen-bond donors (Lipinski definition) is 1. The highest BCUT2D eigenvalue weighted by Crippen LogP contribution is 2.16. The van der Waals surface area contributed by atoms with E-state index in [1.807, 2.05) is 12.1 Å². The van der Waals surface area contributed by atoms with E-state index in [1.54, 1.807) is 12.1 Å². The molecule has 0 spiro atoms. The molecule has 1 saturated heterocycles. The molecule has 0 radical (unpaired) electrons. The maximum absolute atomic E-state index is 12.2. The average Bonchev–Trinajstić information content (AvgIpc) is 2.53. The summed E-state index contributed by atoms with van der Waals surface area (Å²) in [7, 11) is -3.37. The van der Waals surface area contributed by atoms with Gasteiger partial charge in [-0.2, -0.15) is 0 Å². The second-order valence-electron chi connectivity index (χ2n) is 6.27. The van der Waals surface area contributed by atoms with Gasteiger partial charge in [-0.05, 0) is 68.9 Å². The first-order valence-electron chi connectivity index (χ1n) is 8.32. The Kier molecular flexibility index (Phi) is 8.54. The summed E-state index contributed by atoms with van der Waals surface area (Å²) in [6.45, 7) is 8.13. The van der Waals surface area contributed by atoms with E-state index in [0.717, 1.165) is 44.0 Å². The zero-order valence-electron chi connectivity index (χ0n) is 14.1. The lowest BCUT2D eigenvalue weighted by Crippen LogP contribution is -2.35. The summed E-state index contributed by atoms with van der Waals surface area (Å²) in [5, 5.41) is 0. The van der Waals surface area contributed by atoms with Gasteiger partial charge in [0, 0.05) is 6.54 Å². The zero-order chi connectivity index (χ0) is 16.0. The van der Waals surface area contributed by atoms with Crippen LogP contribution in [-0.2, 0) is 16.4 Å². The van der Waals surface area contributed by atoms with Crippen molar-refractivity contribution < 1.29 is 8.42 Å². The molecule has 0 saturated carbocycles. The van der Waals surface area contributed by atoms with Crippen LogP contribution in [0.3, 0.4) is 0 Å². The number of likely N-dealkylation sites (tertiary alicyclic amines) is 1. The second-order valence-corrected chi connectivity index (χ2v) is 8.04. The molecule has 2 rings (SSSR count). The van der Waals surface area contributed by atoms with Crippen molar-refractivity contribution >= 4 is 22.4 Å². The topological polar surface area (TPSA) is 49.4 Å². The number of nitrogens with zero attached hydrogens (tertiary/aromatic N) is 1. The van der Waals surface area contributed by atoms with E-state index in [0.29, 0.717) is 11.4 Å². The predicted molar refractivity (Wildman–Crippen MR) is 97.7 cm³/mol. The van der Waals surface area contributed by atoms with Crippen molar-refractivity contribution in [2.75, 3.05) is 26.2 Å². The molecule has 1 aliphatic heterocycles. The van der Waals surface area contributed by atoms with Gasteiger partial charge < -0.3 is 4.90 Å². The summed E-state index contributed by atoms with van der Waals surface area (Å²) >= 11 is 0. The first-order valence-corrected chi connectivity index (χ1v) is 9.80. The van der Waals surface area contributed by atoms with Crippen LogP contribution < -0.4 is 4.72 Å². The Morgan fingerprint density at radius 3 is 2.35 bits per heavy atom. The molecular formula is C17H29ClN2O2S. The van der Waals surface area contributed by atoms with Gasteiger partial charge in [0.15, 0.2) is 0 Å². The molecule has 0 amide bonds. The Bertz CT molecular complexity index is 552. The van der Waals surface area contributed by atoms with Crippen LogP contribution in [0, 0.1) is 5.92 Å². The second kappa shape index (κ2) is 9.62. The average molecular weight is 361 g/mol. The quantitative estimate of drug-likeness (QED) is 0.760. The molecule has 4 nitrogen and oxygen atoms in total. The van der Waals surface area contributed by atoms with Crippen LogP contribution in [0.2, 0.25) is 0 Å². The highest BCUT2D eigenvalue weighted by atomic mass is 35.5. The van der Waals surface area contributed by atoms with Gasteiger partial charge in [0.25, 0.3) is 0 Å². The van der Waals surface area contributed by atoms with Crippen molar-refractivity contribution in [1.29, 1.82) is 0 Å². The molecule has 132 valence electrons. The Morgan fingerprint density at radius 1 is 1.17 bits per heavy atom. The number of halogens is 1. The molecular weight excluding hydrogens is 332 g/mol. The minimum absolute atomic E-state index is 0. The highest BCUT2D eigenvalue weighted by molar-refractivity contribution is 7.89. The molecule has 1 aromatic rings. The lowest BCUT2D eigenvalue weighted by molar-refractivity contribution is 0.191. The molecule has 0 bridgehead atoms. The number of piperidine rings is 1. The largest absolute Gasteiger partial charge is 0.303 e. The third kappa shape index (κ3) is 6.42. The van der Waals surface area contributed by atoms with Crippen molar-refractivity contribution in [3.8, 4) is 0 Å². The molecule has 1 aromatic carbocycles. The molecule has 23 heavy (non-hydrogen) atoms. The lowest BCUT2D eigenvalue weighted by atomic mass is 9.99. The van der Waals surface area contributed by atoms with E-state index >= 15 is 0 Å². The van der Waals surface area contributed by atoms with Crippen molar-refractivity contribution in [1.82, 2.24) is 9.62 Å². The molecule has 1 fully saturated rings. The summed E-state index contributed by atoms with van der Waals surface area (Å²) in [5.74, 6) is 0.834. The van der Waals surface area contributed by atoms with Gasteiger partial charge in [0.1, 0.15) is 0 Å². The molecule has 1 aliphatic rings. The minimum atomic E-state index is -3.37. The van der Waals surface area contributed by atoms with E-state index in [9.17, 15) is 8.42 Å². The van der Waals surface area contributed by atoms with Crippen LogP contribution in [0.25, 0.3) is 0 Å². The Morgan fingerprint density at radius 2 is 1.78 bits per heavy atom. The monoisotopic (exact) mass is 360 g/mol. The van der Waals surface area contributed by atoms with E-state index < -0.39 is 10.0 Å². The van der Waals surface area contributed by atoms with Gasteiger partial charge in [0.05, 0.1) is 4.90 Å². The SMILES string of the molecule is CCc1ccc(S(=O)(=O)NCCCN2CCC(C)CC2)cc1.Cl. The molecule has 0 unspecified atom stereocenters. The number of benzene rings is 1. The number of sulfonamides is 1. The van der Waals surface area contributed by atoms with E-state index in [2.05, 4.69) is 23.5 Å². The zero-order valence-corrected chi connectivity index (χ0v) is 15.8. The maximum Gasteiger partial charge on any atom is 0.240 e. The van der Waals surface area contributed by atoms with Crippen LogP contribution in [0.4, 0.5) is 0 Å². The molecule has 0 aromatic heterocycles. The fourth-order valence-corrected chi connectivity index (χ4v) is 3.86. The van der Waals surface area contributed by atoms with Crippen LogP contribution in [-0.4, -0.2) is 39.5 Å². The smallest absolute Gasteiger partial charge is 0.240 e. The number of rotatable bonds is 7. The van der Waals surface area contributed by atoms with Crippen LogP contribution in [0.15, 0.2) is 29.2 Å². The summed E-state index contributed by atoms with van der Waals surface area (Å²) < 4.78 is 27.1. The Hall–Kier alpha value is -0.620. The van der Waals surface area contributed by atoms with Gasteiger partial charge in [-0.25, -0.2) is 13.1 Å². The number of hydrogen-bond acceptors (Lipinski definition) is 3. The normalized spacial score (nSPS) is 17.0. The third-order valence-electron chi connectivity index (χ3n) is 4.46. The van der Waals surface area contributed by atoms with E-state index in [-0.39, 0.29) is 12.4 Å². The van der Waals surface area contributed by atoms with Crippen LogP contribution in [0.5, 0.6) is 0 Å². The highest BCUT2D eigenvalue weighted by Gasteiger charge is 2.16.